The van der Waals surface area contributed by atoms with Crippen molar-refractivity contribution < 1.29 is 31.1 Å². The second kappa shape index (κ2) is 8.27. The molecule has 0 atom stereocenters. The van der Waals surface area contributed by atoms with Crippen LogP contribution in [-0.4, -0.2) is 42.7 Å². The number of aromatic nitrogens is 2. The average Bonchev–Trinajstić information content (AvgIpc) is 2.72. The molecule has 0 radical (unpaired) electrons. The molecule has 7 nitrogen and oxygen atoms in total. The summed E-state index contributed by atoms with van der Waals surface area (Å²) in [5.74, 6) is -0.765. The SMILES string of the molecule is Cc1c(F)cccc1-c1nc(NS(=O)(=O)c2cccc(N3CC(O)C3)n2)ccc1C(F)(F)F. The average molecular weight is 482 g/mol. The lowest BCUT2D eigenvalue weighted by molar-refractivity contribution is -0.137. The number of β-amino-alcohol motifs (C(OH)–C–C–N with tert-alkyl or cyclic N) is 1. The van der Waals surface area contributed by atoms with E-state index in [0.29, 0.717) is 25.0 Å². The number of rotatable bonds is 5. The first-order valence-electron chi connectivity index (χ1n) is 9.72. The van der Waals surface area contributed by atoms with E-state index >= 15 is 0 Å². The van der Waals surface area contributed by atoms with Gasteiger partial charge in [0, 0.05) is 18.7 Å². The number of halogens is 4. The monoisotopic (exact) mass is 482 g/mol. The summed E-state index contributed by atoms with van der Waals surface area (Å²) in [5, 5.41) is 9.06. The Morgan fingerprint density at radius 3 is 2.42 bits per heavy atom. The molecule has 1 fully saturated rings. The Balaban J connectivity index is 1.71. The molecule has 1 saturated heterocycles. The largest absolute Gasteiger partial charge is 0.418 e. The zero-order chi connectivity index (χ0) is 24.0. The number of sulfonamides is 1. The first-order valence-corrected chi connectivity index (χ1v) is 11.2. The lowest BCUT2D eigenvalue weighted by atomic mass is 10.0. The smallest absolute Gasteiger partial charge is 0.389 e. The minimum absolute atomic E-state index is 0.0541. The summed E-state index contributed by atoms with van der Waals surface area (Å²) in [6, 6.07) is 9.47. The van der Waals surface area contributed by atoms with Gasteiger partial charge in [0.15, 0.2) is 5.03 Å². The highest BCUT2D eigenvalue weighted by atomic mass is 32.2. The highest BCUT2D eigenvalue weighted by Crippen LogP contribution is 2.38. The van der Waals surface area contributed by atoms with E-state index in [-0.39, 0.29) is 22.0 Å². The molecule has 3 heterocycles. The number of alkyl halides is 3. The predicted octanol–water partition coefficient (Wildman–Crippen LogP) is 3.59. The number of hydrogen-bond donors (Lipinski definition) is 2. The van der Waals surface area contributed by atoms with Gasteiger partial charge in [-0.15, -0.1) is 0 Å². The van der Waals surface area contributed by atoms with Crippen LogP contribution in [0.15, 0.2) is 53.6 Å². The predicted molar refractivity (Wildman–Crippen MR) is 113 cm³/mol. The molecule has 0 amide bonds. The summed E-state index contributed by atoms with van der Waals surface area (Å²) in [4.78, 5) is 9.61. The van der Waals surface area contributed by atoms with Gasteiger partial charge in [0.1, 0.15) is 17.5 Å². The van der Waals surface area contributed by atoms with Gasteiger partial charge in [0.25, 0.3) is 10.0 Å². The third kappa shape index (κ3) is 4.62. The van der Waals surface area contributed by atoms with Crippen LogP contribution in [0.1, 0.15) is 11.1 Å². The summed E-state index contributed by atoms with van der Waals surface area (Å²) < 4.78 is 82.6. The molecule has 12 heteroatoms. The van der Waals surface area contributed by atoms with Crippen LogP contribution in [0.25, 0.3) is 11.3 Å². The standard InChI is InChI=1S/C21H18F4N4O3S/c1-12-14(4-2-5-16(12)22)20-15(21(23,24)25)8-9-17(26-20)28-33(31,32)19-7-3-6-18(27-19)29-10-13(30)11-29/h2-9,13,30H,10-11H2,1H3,(H,26,28). The van der Waals surface area contributed by atoms with Gasteiger partial charge in [0.05, 0.1) is 17.4 Å². The van der Waals surface area contributed by atoms with E-state index in [1.807, 2.05) is 0 Å². The minimum atomic E-state index is -4.80. The van der Waals surface area contributed by atoms with Gasteiger partial charge >= 0.3 is 6.18 Å². The van der Waals surface area contributed by atoms with Gasteiger partial charge in [-0.1, -0.05) is 18.2 Å². The van der Waals surface area contributed by atoms with Crippen LogP contribution in [0, 0.1) is 12.7 Å². The molecule has 0 unspecified atom stereocenters. The topological polar surface area (TPSA) is 95.4 Å². The van der Waals surface area contributed by atoms with Crippen molar-refractivity contribution in [3.8, 4) is 11.3 Å². The molecule has 1 aliphatic heterocycles. The lowest BCUT2D eigenvalue weighted by Crippen LogP contribution is -2.51. The number of aliphatic hydroxyl groups is 1. The van der Waals surface area contributed by atoms with E-state index in [2.05, 4.69) is 14.7 Å². The van der Waals surface area contributed by atoms with Gasteiger partial charge in [0.2, 0.25) is 0 Å². The molecule has 33 heavy (non-hydrogen) atoms. The summed E-state index contributed by atoms with van der Waals surface area (Å²) in [6.07, 6.45) is -5.32. The number of pyridine rings is 2. The van der Waals surface area contributed by atoms with E-state index in [4.69, 9.17) is 0 Å². The van der Waals surface area contributed by atoms with Crippen LogP contribution in [0.2, 0.25) is 0 Å². The van der Waals surface area contributed by atoms with Crippen LogP contribution in [0.4, 0.5) is 29.2 Å². The van der Waals surface area contributed by atoms with Gasteiger partial charge in [-0.3, -0.25) is 4.72 Å². The highest BCUT2D eigenvalue weighted by Gasteiger charge is 2.35. The van der Waals surface area contributed by atoms with Gasteiger partial charge in [-0.25, -0.2) is 14.4 Å². The van der Waals surface area contributed by atoms with Crippen molar-refractivity contribution in [1.29, 1.82) is 0 Å². The molecule has 0 spiro atoms. The Kier molecular flexibility index (Phi) is 5.74. The maximum absolute atomic E-state index is 14.0. The van der Waals surface area contributed by atoms with Crippen molar-refractivity contribution in [3.05, 3.63) is 65.5 Å². The molecule has 1 aromatic carbocycles. The summed E-state index contributed by atoms with van der Waals surface area (Å²) >= 11 is 0. The maximum atomic E-state index is 14.0. The van der Waals surface area contributed by atoms with E-state index in [0.717, 1.165) is 12.1 Å². The summed E-state index contributed by atoms with van der Waals surface area (Å²) in [6.45, 7) is 1.92. The highest BCUT2D eigenvalue weighted by molar-refractivity contribution is 7.92. The number of anilines is 2. The number of hydrogen-bond acceptors (Lipinski definition) is 6. The van der Waals surface area contributed by atoms with Crippen molar-refractivity contribution in [2.24, 2.45) is 0 Å². The molecule has 0 aliphatic carbocycles. The number of benzene rings is 1. The Morgan fingerprint density at radius 1 is 1.06 bits per heavy atom. The minimum Gasteiger partial charge on any atom is -0.389 e. The summed E-state index contributed by atoms with van der Waals surface area (Å²) in [7, 11) is -4.30. The molecular formula is C21H18F4N4O3S. The molecule has 3 aromatic rings. The van der Waals surface area contributed by atoms with Crippen molar-refractivity contribution in [2.45, 2.75) is 24.2 Å². The Labute approximate surface area is 186 Å². The second-order valence-corrected chi connectivity index (χ2v) is 9.13. The molecule has 0 saturated carbocycles. The van der Waals surface area contributed by atoms with Crippen LogP contribution in [0.3, 0.4) is 0 Å². The first kappa shape index (κ1) is 22.9. The van der Waals surface area contributed by atoms with Crippen LogP contribution in [0.5, 0.6) is 0 Å². The van der Waals surface area contributed by atoms with Crippen LogP contribution >= 0.6 is 0 Å². The normalized spacial score (nSPS) is 14.8. The van der Waals surface area contributed by atoms with E-state index in [9.17, 15) is 31.1 Å². The molecule has 4 rings (SSSR count). The molecule has 174 valence electrons. The molecule has 2 aromatic heterocycles. The van der Waals surface area contributed by atoms with Crippen LogP contribution in [-0.2, 0) is 16.2 Å². The lowest BCUT2D eigenvalue weighted by Gasteiger charge is -2.36. The molecule has 0 bridgehead atoms. The quantitative estimate of drug-likeness (QED) is 0.540. The third-order valence-electron chi connectivity index (χ3n) is 5.13. The summed E-state index contributed by atoms with van der Waals surface area (Å²) in [5.41, 5.74) is -1.90. The molecular weight excluding hydrogens is 464 g/mol. The fourth-order valence-corrected chi connectivity index (χ4v) is 4.34. The van der Waals surface area contributed by atoms with Crippen LogP contribution < -0.4 is 9.62 Å². The van der Waals surface area contributed by atoms with Crippen molar-refractivity contribution in [2.75, 3.05) is 22.7 Å². The number of nitrogens with one attached hydrogen (secondary N) is 1. The molecule has 1 aliphatic rings. The van der Waals surface area contributed by atoms with Crippen molar-refractivity contribution in [3.63, 3.8) is 0 Å². The van der Waals surface area contributed by atoms with Crippen molar-refractivity contribution in [1.82, 2.24) is 9.97 Å². The van der Waals surface area contributed by atoms with Crippen molar-refractivity contribution >= 4 is 21.7 Å². The number of nitrogens with zero attached hydrogens (tertiary/aromatic N) is 3. The maximum Gasteiger partial charge on any atom is 0.418 e. The number of aliphatic hydroxyl groups excluding tert-OH is 1. The van der Waals surface area contributed by atoms with E-state index < -0.39 is 39.4 Å². The molecule has 2 N–H and O–H groups in total. The third-order valence-corrected chi connectivity index (χ3v) is 6.39. The van der Waals surface area contributed by atoms with Gasteiger partial charge < -0.3 is 10.0 Å². The van der Waals surface area contributed by atoms with Gasteiger partial charge in [-0.05, 0) is 42.8 Å². The zero-order valence-corrected chi connectivity index (χ0v) is 18.0. The Morgan fingerprint density at radius 2 is 1.76 bits per heavy atom. The van der Waals surface area contributed by atoms with Gasteiger partial charge in [-0.2, -0.15) is 21.6 Å². The fraction of sp³-hybridized carbons (Fsp3) is 0.238. The Hall–Kier alpha value is -3.25. The first-order chi connectivity index (χ1) is 15.5. The zero-order valence-electron chi connectivity index (χ0n) is 17.1. The second-order valence-electron chi connectivity index (χ2n) is 7.50. The van der Waals surface area contributed by atoms with E-state index in [1.54, 1.807) is 11.0 Å². The van der Waals surface area contributed by atoms with E-state index in [1.165, 1.54) is 31.2 Å². The fourth-order valence-electron chi connectivity index (χ4n) is 3.38. The Bertz CT molecular complexity index is 1310.